The lowest BCUT2D eigenvalue weighted by atomic mass is 10.1. The summed E-state index contributed by atoms with van der Waals surface area (Å²) in [7, 11) is 0. The maximum atomic E-state index is 13.2. The standard InChI is InChI=1S/C27H25N3O3/c1-17-11-18(2)13-19(12-17)29-26-14-22(21-7-3-4-8-23(21)30-26)27(31)28-15-20-16-32-24-9-5-6-10-25(24)33-20/h3-14,20H,15-16H2,1-2H3,(H,28,31)(H,29,30). The van der Waals surface area contributed by atoms with Crippen LogP contribution in [0.25, 0.3) is 10.9 Å². The molecule has 1 aliphatic rings. The Morgan fingerprint density at radius 2 is 1.70 bits per heavy atom. The molecule has 1 aliphatic heterocycles. The molecule has 33 heavy (non-hydrogen) atoms. The fourth-order valence-corrected chi connectivity index (χ4v) is 4.09. The number of para-hydroxylation sites is 3. The SMILES string of the molecule is Cc1cc(C)cc(Nc2cc(C(=O)NCC3COc4ccccc4O3)c3ccccc3n2)c1. The van der Waals surface area contributed by atoms with Crippen LogP contribution < -0.4 is 20.1 Å². The molecule has 0 spiro atoms. The molecular formula is C27H25N3O3. The highest BCUT2D eigenvalue weighted by Crippen LogP contribution is 2.31. The zero-order valence-corrected chi connectivity index (χ0v) is 18.6. The predicted molar refractivity (Wildman–Crippen MR) is 130 cm³/mol. The van der Waals surface area contributed by atoms with Gasteiger partial charge in [-0.05, 0) is 61.4 Å². The summed E-state index contributed by atoms with van der Waals surface area (Å²) in [4.78, 5) is 17.9. The second-order valence-corrected chi connectivity index (χ2v) is 8.28. The number of fused-ring (bicyclic) bond motifs is 2. The average molecular weight is 440 g/mol. The van der Waals surface area contributed by atoms with E-state index in [4.69, 9.17) is 14.5 Å². The molecule has 2 heterocycles. The first-order chi connectivity index (χ1) is 16.0. The zero-order valence-electron chi connectivity index (χ0n) is 18.6. The molecule has 1 unspecified atom stereocenters. The van der Waals surface area contributed by atoms with Crippen molar-refractivity contribution in [3.05, 3.63) is 89.5 Å². The van der Waals surface area contributed by atoms with Gasteiger partial charge in [-0.25, -0.2) is 4.98 Å². The summed E-state index contributed by atoms with van der Waals surface area (Å²) in [6, 6.07) is 23.2. The van der Waals surface area contributed by atoms with E-state index in [0.29, 0.717) is 30.3 Å². The van der Waals surface area contributed by atoms with E-state index < -0.39 is 0 Å². The van der Waals surface area contributed by atoms with Crippen LogP contribution in [0.1, 0.15) is 21.5 Å². The molecule has 0 aliphatic carbocycles. The Labute approximate surface area is 192 Å². The smallest absolute Gasteiger partial charge is 0.252 e. The maximum Gasteiger partial charge on any atom is 0.252 e. The number of hydrogen-bond acceptors (Lipinski definition) is 5. The van der Waals surface area contributed by atoms with Crippen LogP contribution in [-0.4, -0.2) is 30.1 Å². The molecule has 6 nitrogen and oxygen atoms in total. The van der Waals surface area contributed by atoms with Crippen LogP contribution in [0.4, 0.5) is 11.5 Å². The lowest BCUT2D eigenvalue weighted by Crippen LogP contribution is -2.40. The van der Waals surface area contributed by atoms with Crippen molar-refractivity contribution in [1.82, 2.24) is 10.3 Å². The molecule has 1 amide bonds. The Kier molecular flexibility index (Phi) is 5.57. The van der Waals surface area contributed by atoms with E-state index >= 15 is 0 Å². The molecule has 2 N–H and O–H groups in total. The molecule has 0 saturated carbocycles. The number of hydrogen-bond donors (Lipinski definition) is 2. The van der Waals surface area contributed by atoms with E-state index in [0.717, 1.165) is 33.5 Å². The summed E-state index contributed by atoms with van der Waals surface area (Å²) in [5.74, 6) is 1.86. The van der Waals surface area contributed by atoms with E-state index in [1.165, 1.54) is 0 Å². The highest BCUT2D eigenvalue weighted by molar-refractivity contribution is 6.07. The number of nitrogens with zero attached hydrogens (tertiary/aromatic N) is 1. The number of aromatic nitrogens is 1. The zero-order chi connectivity index (χ0) is 22.8. The summed E-state index contributed by atoms with van der Waals surface area (Å²) in [6.07, 6.45) is -0.259. The molecule has 3 aromatic carbocycles. The highest BCUT2D eigenvalue weighted by atomic mass is 16.6. The third-order valence-corrected chi connectivity index (χ3v) is 5.51. The molecule has 1 aromatic heterocycles. The summed E-state index contributed by atoms with van der Waals surface area (Å²) < 4.78 is 11.7. The Morgan fingerprint density at radius 3 is 2.52 bits per heavy atom. The Morgan fingerprint density at radius 1 is 0.970 bits per heavy atom. The number of pyridine rings is 1. The normalized spacial score (nSPS) is 14.7. The number of carbonyl (C=O) groups is 1. The second-order valence-electron chi connectivity index (χ2n) is 8.28. The molecule has 6 heteroatoms. The van der Waals surface area contributed by atoms with Crippen LogP contribution in [0.2, 0.25) is 0 Å². The molecule has 5 rings (SSSR count). The molecule has 4 aromatic rings. The van der Waals surface area contributed by atoms with Gasteiger partial charge < -0.3 is 20.1 Å². The summed E-state index contributed by atoms with van der Waals surface area (Å²) >= 11 is 0. The summed E-state index contributed by atoms with van der Waals surface area (Å²) in [5, 5.41) is 7.15. The number of anilines is 2. The van der Waals surface area contributed by atoms with Crippen molar-refractivity contribution in [3.63, 3.8) is 0 Å². The van der Waals surface area contributed by atoms with Crippen molar-refractivity contribution >= 4 is 28.3 Å². The van der Waals surface area contributed by atoms with Gasteiger partial charge in [0.2, 0.25) is 0 Å². The van der Waals surface area contributed by atoms with E-state index in [-0.39, 0.29) is 12.0 Å². The number of benzene rings is 3. The van der Waals surface area contributed by atoms with Crippen molar-refractivity contribution in [3.8, 4) is 11.5 Å². The van der Waals surface area contributed by atoms with Crippen LogP contribution in [0.15, 0.2) is 72.8 Å². The van der Waals surface area contributed by atoms with E-state index in [2.05, 4.69) is 42.7 Å². The molecular weight excluding hydrogens is 414 g/mol. The minimum absolute atomic E-state index is 0.181. The molecule has 1 atom stereocenters. The largest absolute Gasteiger partial charge is 0.486 e. The molecule has 0 radical (unpaired) electrons. The van der Waals surface area contributed by atoms with Crippen molar-refractivity contribution in [2.75, 3.05) is 18.5 Å². The van der Waals surface area contributed by atoms with Gasteiger partial charge in [-0.3, -0.25) is 4.79 Å². The molecule has 0 saturated heterocycles. The van der Waals surface area contributed by atoms with E-state index in [1.54, 1.807) is 6.07 Å². The monoisotopic (exact) mass is 439 g/mol. The molecule has 166 valence electrons. The van der Waals surface area contributed by atoms with Crippen LogP contribution in [-0.2, 0) is 0 Å². The number of aryl methyl sites for hydroxylation is 2. The first kappa shape index (κ1) is 20.8. The van der Waals surface area contributed by atoms with Gasteiger partial charge in [0, 0.05) is 11.1 Å². The number of nitrogens with one attached hydrogen (secondary N) is 2. The Bertz CT molecular complexity index is 1320. The molecule has 0 bridgehead atoms. The van der Waals surface area contributed by atoms with Gasteiger partial charge in [-0.1, -0.05) is 36.4 Å². The summed E-state index contributed by atoms with van der Waals surface area (Å²) in [5.41, 5.74) is 4.57. The van der Waals surface area contributed by atoms with Crippen molar-refractivity contribution in [2.45, 2.75) is 20.0 Å². The van der Waals surface area contributed by atoms with Crippen molar-refractivity contribution in [1.29, 1.82) is 0 Å². The third kappa shape index (κ3) is 4.60. The Hall–Kier alpha value is -4.06. The predicted octanol–water partition coefficient (Wildman–Crippen LogP) is 5.17. The van der Waals surface area contributed by atoms with Crippen LogP contribution in [0.3, 0.4) is 0 Å². The van der Waals surface area contributed by atoms with Gasteiger partial charge in [0.15, 0.2) is 11.5 Å². The van der Waals surface area contributed by atoms with Crippen LogP contribution >= 0.6 is 0 Å². The first-order valence-corrected chi connectivity index (χ1v) is 11.0. The van der Waals surface area contributed by atoms with Crippen molar-refractivity contribution < 1.29 is 14.3 Å². The quantitative estimate of drug-likeness (QED) is 0.449. The van der Waals surface area contributed by atoms with Crippen LogP contribution in [0.5, 0.6) is 11.5 Å². The van der Waals surface area contributed by atoms with E-state index in [9.17, 15) is 4.79 Å². The number of ether oxygens (including phenoxy) is 2. The number of rotatable bonds is 5. The maximum absolute atomic E-state index is 13.2. The lowest BCUT2D eigenvalue weighted by molar-refractivity contribution is 0.0790. The fraction of sp³-hybridized carbons (Fsp3) is 0.185. The highest BCUT2D eigenvalue weighted by Gasteiger charge is 2.22. The first-order valence-electron chi connectivity index (χ1n) is 11.0. The van der Waals surface area contributed by atoms with Crippen molar-refractivity contribution in [2.24, 2.45) is 0 Å². The number of amides is 1. The van der Waals surface area contributed by atoms with Gasteiger partial charge in [0.1, 0.15) is 18.5 Å². The minimum atomic E-state index is -0.259. The molecule has 0 fully saturated rings. The van der Waals surface area contributed by atoms with Gasteiger partial charge >= 0.3 is 0 Å². The fourth-order valence-electron chi connectivity index (χ4n) is 4.09. The lowest BCUT2D eigenvalue weighted by Gasteiger charge is -2.26. The minimum Gasteiger partial charge on any atom is -0.486 e. The summed E-state index contributed by atoms with van der Waals surface area (Å²) in [6.45, 7) is 4.83. The third-order valence-electron chi connectivity index (χ3n) is 5.51. The topological polar surface area (TPSA) is 72.5 Å². The second kappa shape index (κ2) is 8.82. The van der Waals surface area contributed by atoms with E-state index in [1.807, 2.05) is 48.5 Å². The van der Waals surface area contributed by atoms with Gasteiger partial charge in [0.25, 0.3) is 5.91 Å². The van der Waals surface area contributed by atoms with Gasteiger partial charge in [-0.15, -0.1) is 0 Å². The Balaban J connectivity index is 1.37. The van der Waals surface area contributed by atoms with Gasteiger partial charge in [0.05, 0.1) is 17.6 Å². The van der Waals surface area contributed by atoms with Crippen LogP contribution in [0, 0.1) is 13.8 Å². The number of carbonyl (C=O) groups excluding carboxylic acids is 1. The van der Waals surface area contributed by atoms with Gasteiger partial charge in [-0.2, -0.15) is 0 Å². The average Bonchev–Trinajstić information content (AvgIpc) is 2.81.